The van der Waals surface area contributed by atoms with Crippen LogP contribution in [0.4, 0.5) is 17.7 Å². The van der Waals surface area contributed by atoms with E-state index in [0.29, 0.717) is 23.5 Å². The van der Waals surface area contributed by atoms with Crippen LogP contribution in [0.15, 0.2) is 48.7 Å². The van der Waals surface area contributed by atoms with Crippen LogP contribution >= 0.6 is 0 Å². The lowest BCUT2D eigenvalue weighted by Crippen LogP contribution is -2.30. The minimum atomic E-state index is 0.0443. The van der Waals surface area contributed by atoms with Crippen molar-refractivity contribution in [3.8, 4) is 0 Å². The molecule has 2 heterocycles. The second-order valence-corrected chi connectivity index (χ2v) is 7.31. The number of rotatable bonds is 7. The third-order valence-corrected chi connectivity index (χ3v) is 5.34. The van der Waals surface area contributed by atoms with Gasteiger partial charge in [0.2, 0.25) is 11.9 Å². The number of aromatic nitrogens is 4. The smallest absolute Gasteiger partial charge is 0.227 e. The molecular formula is C22H26N8. The highest BCUT2D eigenvalue weighted by atomic mass is 15.3. The molecule has 0 aliphatic heterocycles. The third kappa shape index (κ3) is 3.81. The SMILES string of the molecule is C[C@@H](c1cccc2ccccc12)N(CCCCN)c1ncc2c(N)nc(N)nc2n1. The van der Waals surface area contributed by atoms with Crippen molar-refractivity contribution in [2.75, 3.05) is 29.5 Å². The first-order chi connectivity index (χ1) is 14.6. The van der Waals surface area contributed by atoms with E-state index in [1.807, 2.05) is 0 Å². The van der Waals surface area contributed by atoms with Crippen LogP contribution in [0.1, 0.15) is 31.4 Å². The molecule has 0 unspecified atom stereocenters. The average molecular weight is 403 g/mol. The monoisotopic (exact) mass is 402 g/mol. The predicted octanol–water partition coefficient (Wildman–Crippen LogP) is 3.04. The molecule has 0 saturated carbocycles. The summed E-state index contributed by atoms with van der Waals surface area (Å²) in [6, 6.07) is 14.8. The third-order valence-electron chi connectivity index (χ3n) is 5.34. The zero-order valence-corrected chi connectivity index (χ0v) is 17.0. The van der Waals surface area contributed by atoms with E-state index < -0.39 is 0 Å². The zero-order valence-electron chi connectivity index (χ0n) is 17.0. The van der Waals surface area contributed by atoms with Gasteiger partial charge < -0.3 is 22.1 Å². The molecule has 4 aromatic rings. The van der Waals surface area contributed by atoms with Crippen molar-refractivity contribution in [2.45, 2.75) is 25.8 Å². The number of unbranched alkanes of at least 4 members (excludes halogenated alkanes) is 1. The van der Waals surface area contributed by atoms with Gasteiger partial charge in [-0.1, -0.05) is 42.5 Å². The largest absolute Gasteiger partial charge is 0.383 e. The molecule has 2 aromatic heterocycles. The van der Waals surface area contributed by atoms with Crippen LogP contribution in [0, 0.1) is 0 Å². The van der Waals surface area contributed by atoms with E-state index in [4.69, 9.17) is 17.2 Å². The van der Waals surface area contributed by atoms with Crippen molar-refractivity contribution in [1.82, 2.24) is 19.9 Å². The van der Waals surface area contributed by atoms with E-state index in [-0.39, 0.29) is 17.8 Å². The molecule has 0 aliphatic carbocycles. The van der Waals surface area contributed by atoms with Crippen molar-refractivity contribution in [2.24, 2.45) is 5.73 Å². The number of hydrogen-bond acceptors (Lipinski definition) is 8. The van der Waals surface area contributed by atoms with E-state index in [0.717, 1.165) is 19.4 Å². The van der Waals surface area contributed by atoms with Gasteiger partial charge in [0, 0.05) is 12.7 Å². The quantitative estimate of drug-likeness (QED) is 0.402. The molecule has 0 amide bonds. The van der Waals surface area contributed by atoms with Gasteiger partial charge in [-0.05, 0) is 42.6 Å². The first kappa shape index (κ1) is 19.8. The fraction of sp³-hybridized carbons (Fsp3) is 0.273. The fourth-order valence-electron chi connectivity index (χ4n) is 3.76. The minimum Gasteiger partial charge on any atom is -0.383 e. The van der Waals surface area contributed by atoms with Crippen LogP contribution < -0.4 is 22.1 Å². The lowest BCUT2D eigenvalue weighted by molar-refractivity contribution is 0.614. The van der Waals surface area contributed by atoms with Gasteiger partial charge in [0.05, 0.1) is 11.4 Å². The highest BCUT2D eigenvalue weighted by Crippen LogP contribution is 2.31. The minimum absolute atomic E-state index is 0.0443. The first-order valence-corrected chi connectivity index (χ1v) is 10.1. The second kappa shape index (κ2) is 8.46. The average Bonchev–Trinajstić information content (AvgIpc) is 2.75. The van der Waals surface area contributed by atoms with Crippen LogP contribution in [0.25, 0.3) is 21.8 Å². The molecule has 0 radical (unpaired) electrons. The molecule has 4 rings (SSSR count). The molecule has 0 saturated heterocycles. The summed E-state index contributed by atoms with van der Waals surface area (Å²) in [4.78, 5) is 19.7. The lowest BCUT2D eigenvalue weighted by atomic mass is 9.98. The first-order valence-electron chi connectivity index (χ1n) is 10.1. The number of anilines is 3. The Morgan fingerprint density at radius 1 is 0.933 bits per heavy atom. The number of hydrogen-bond donors (Lipinski definition) is 3. The summed E-state index contributed by atoms with van der Waals surface area (Å²) in [5, 5.41) is 3.01. The Morgan fingerprint density at radius 3 is 2.57 bits per heavy atom. The Balaban J connectivity index is 1.78. The normalized spacial score (nSPS) is 12.3. The summed E-state index contributed by atoms with van der Waals surface area (Å²) in [7, 11) is 0. The number of nitrogens with two attached hydrogens (primary N) is 3. The molecule has 0 aliphatic rings. The Labute approximate surface area is 175 Å². The molecule has 1 atom stereocenters. The van der Waals surface area contributed by atoms with E-state index >= 15 is 0 Å². The van der Waals surface area contributed by atoms with E-state index in [9.17, 15) is 0 Å². The maximum Gasteiger partial charge on any atom is 0.227 e. The van der Waals surface area contributed by atoms with Crippen molar-refractivity contribution in [3.05, 3.63) is 54.2 Å². The van der Waals surface area contributed by atoms with E-state index in [1.54, 1.807) is 6.20 Å². The van der Waals surface area contributed by atoms with Gasteiger partial charge >= 0.3 is 0 Å². The van der Waals surface area contributed by atoms with Crippen molar-refractivity contribution in [1.29, 1.82) is 0 Å². The molecular weight excluding hydrogens is 376 g/mol. The molecule has 30 heavy (non-hydrogen) atoms. The van der Waals surface area contributed by atoms with Gasteiger partial charge in [0.1, 0.15) is 5.82 Å². The van der Waals surface area contributed by atoms with Gasteiger partial charge in [-0.2, -0.15) is 15.0 Å². The second-order valence-electron chi connectivity index (χ2n) is 7.31. The zero-order chi connectivity index (χ0) is 21.1. The highest BCUT2D eigenvalue weighted by molar-refractivity contribution is 5.87. The summed E-state index contributed by atoms with van der Waals surface area (Å²) in [5.41, 5.74) is 19.1. The summed E-state index contributed by atoms with van der Waals surface area (Å²) < 4.78 is 0. The summed E-state index contributed by atoms with van der Waals surface area (Å²) in [6.45, 7) is 3.58. The van der Waals surface area contributed by atoms with Crippen molar-refractivity contribution in [3.63, 3.8) is 0 Å². The van der Waals surface area contributed by atoms with Gasteiger partial charge in [0.15, 0.2) is 5.65 Å². The molecule has 8 nitrogen and oxygen atoms in total. The standard InChI is InChI=1S/C22H26N8/c1-14(16-10-6-8-15-7-2-3-9-17(15)16)30(12-5-4-11-23)22-26-13-18-19(24)27-21(25)28-20(18)29-22/h2-3,6-10,13-14H,4-5,11-12,23H2,1H3,(H4,24,25,26,27,28,29)/t14-/m0/s1. The summed E-state index contributed by atoms with van der Waals surface area (Å²) >= 11 is 0. The Kier molecular flexibility index (Phi) is 5.58. The van der Waals surface area contributed by atoms with Crippen molar-refractivity contribution >= 4 is 39.5 Å². The molecule has 0 fully saturated rings. The van der Waals surface area contributed by atoms with Crippen molar-refractivity contribution < 1.29 is 0 Å². The number of nitrogens with zero attached hydrogens (tertiary/aromatic N) is 5. The van der Waals surface area contributed by atoms with Crippen LogP contribution in [-0.4, -0.2) is 33.0 Å². The predicted molar refractivity (Wildman–Crippen MR) is 122 cm³/mol. The van der Waals surface area contributed by atoms with Gasteiger partial charge in [-0.3, -0.25) is 0 Å². The maximum absolute atomic E-state index is 5.96. The summed E-state index contributed by atoms with van der Waals surface area (Å²) in [5.74, 6) is 0.958. The highest BCUT2D eigenvalue weighted by Gasteiger charge is 2.21. The number of nitrogen functional groups attached to an aromatic ring is 2. The van der Waals surface area contributed by atoms with E-state index in [1.165, 1.54) is 16.3 Å². The molecule has 8 heteroatoms. The molecule has 0 bridgehead atoms. The van der Waals surface area contributed by atoms with Crippen LogP contribution in [0.5, 0.6) is 0 Å². The van der Waals surface area contributed by atoms with Gasteiger partial charge in [-0.15, -0.1) is 0 Å². The molecule has 0 spiro atoms. The van der Waals surface area contributed by atoms with Crippen LogP contribution in [0.2, 0.25) is 0 Å². The Hall–Kier alpha value is -3.52. The molecule has 2 aromatic carbocycles. The van der Waals surface area contributed by atoms with E-state index in [2.05, 4.69) is 74.2 Å². The van der Waals surface area contributed by atoms with Gasteiger partial charge in [-0.25, -0.2) is 4.98 Å². The van der Waals surface area contributed by atoms with Crippen LogP contribution in [0.3, 0.4) is 0 Å². The number of benzene rings is 2. The topological polar surface area (TPSA) is 133 Å². The Bertz CT molecular complexity index is 1170. The maximum atomic E-state index is 5.96. The van der Waals surface area contributed by atoms with Gasteiger partial charge in [0.25, 0.3) is 0 Å². The lowest BCUT2D eigenvalue weighted by Gasteiger charge is -2.30. The fourth-order valence-corrected chi connectivity index (χ4v) is 3.76. The van der Waals surface area contributed by atoms with Crippen LogP contribution in [-0.2, 0) is 0 Å². The molecule has 6 N–H and O–H groups in total. The number of fused-ring (bicyclic) bond motifs is 2. The molecule has 154 valence electrons. The summed E-state index contributed by atoms with van der Waals surface area (Å²) in [6.07, 6.45) is 3.52. The Morgan fingerprint density at radius 2 is 1.73 bits per heavy atom.